The van der Waals surface area contributed by atoms with Crippen LogP contribution in [-0.4, -0.2) is 18.2 Å². The van der Waals surface area contributed by atoms with E-state index in [1.54, 1.807) is 0 Å². The molecule has 0 aromatic heterocycles. The van der Waals surface area contributed by atoms with E-state index in [4.69, 9.17) is 5.73 Å². The SMILES string of the molecule is NCC1=CSCC(=O)N1. The normalized spacial score (nSPS) is 18.8. The van der Waals surface area contributed by atoms with Crippen molar-refractivity contribution in [2.24, 2.45) is 5.73 Å². The first-order valence-corrected chi connectivity index (χ1v) is 3.68. The highest BCUT2D eigenvalue weighted by Crippen LogP contribution is 2.09. The van der Waals surface area contributed by atoms with Crippen molar-refractivity contribution in [3.63, 3.8) is 0 Å². The molecular formula is C5H8N2OS. The van der Waals surface area contributed by atoms with Gasteiger partial charge in [-0.1, -0.05) is 0 Å². The van der Waals surface area contributed by atoms with Crippen LogP contribution in [0.1, 0.15) is 0 Å². The molecule has 0 radical (unpaired) electrons. The lowest BCUT2D eigenvalue weighted by atomic mass is 10.5. The summed E-state index contributed by atoms with van der Waals surface area (Å²) in [5.74, 6) is 0.562. The number of thioether (sulfide) groups is 1. The molecule has 4 heteroatoms. The van der Waals surface area contributed by atoms with Gasteiger partial charge in [-0.2, -0.15) is 0 Å². The Labute approximate surface area is 57.7 Å². The highest BCUT2D eigenvalue weighted by molar-refractivity contribution is 8.02. The van der Waals surface area contributed by atoms with Gasteiger partial charge >= 0.3 is 0 Å². The van der Waals surface area contributed by atoms with Crippen LogP contribution >= 0.6 is 11.8 Å². The number of hydrogen-bond acceptors (Lipinski definition) is 3. The third-order valence-electron chi connectivity index (χ3n) is 0.960. The number of carbonyl (C=O) groups is 1. The van der Waals surface area contributed by atoms with Crippen LogP contribution in [0.25, 0.3) is 0 Å². The summed E-state index contributed by atoms with van der Waals surface area (Å²) in [4.78, 5) is 10.6. The van der Waals surface area contributed by atoms with Crippen LogP contribution in [0, 0.1) is 0 Å². The van der Waals surface area contributed by atoms with Crippen molar-refractivity contribution < 1.29 is 4.79 Å². The average Bonchev–Trinajstić information content (AvgIpc) is 1.88. The second kappa shape index (κ2) is 2.89. The second-order valence-corrected chi connectivity index (χ2v) is 2.56. The Balaban J connectivity index is 2.53. The van der Waals surface area contributed by atoms with Crippen molar-refractivity contribution in [1.82, 2.24) is 5.32 Å². The van der Waals surface area contributed by atoms with Crippen molar-refractivity contribution in [2.45, 2.75) is 0 Å². The summed E-state index contributed by atoms with van der Waals surface area (Å²) in [5, 5.41) is 4.52. The average molecular weight is 144 g/mol. The fourth-order valence-electron chi connectivity index (χ4n) is 0.562. The molecule has 0 fully saturated rings. The zero-order valence-electron chi connectivity index (χ0n) is 4.89. The summed E-state index contributed by atoms with van der Waals surface area (Å²) in [6.07, 6.45) is 0. The first kappa shape index (κ1) is 6.64. The Hall–Kier alpha value is -0.480. The van der Waals surface area contributed by atoms with Crippen LogP contribution < -0.4 is 11.1 Å². The standard InChI is InChI=1S/C5H8N2OS/c6-1-4-2-9-3-5(8)7-4/h2H,1,3,6H2,(H,7,8). The first-order chi connectivity index (χ1) is 4.33. The molecule has 0 spiro atoms. The van der Waals surface area contributed by atoms with Crippen LogP contribution in [-0.2, 0) is 4.79 Å². The lowest BCUT2D eigenvalue weighted by Gasteiger charge is -2.10. The van der Waals surface area contributed by atoms with E-state index in [0.717, 1.165) is 5.70 Å². The van der Waals surface area contributed by atoms with Gasteiger partial charge in [0.2, 0.25) is 5.91 Å². The molecule has 1 aliphatic rings. The molecule has 1 amide bonds. The number of rotatable bonds is 1. The first-order valence-electron chi connectivity index (χ1n) is 2.63. The lowest BCUT2D eigenvalue weighted by Crippen LogP contribution is -2.30. The minimum Gasteiger partial charge on any atom is -0.327 e. The quantitative estimate of drug-likeness (QED) is 0.529. The maximum absolute atomic E-state index is 10.6. The van der Waals surface area contributed by atoms with Gasteiger partial charge in [0.1, 0.15) is 0 Å². The maximum Gasteiger partial charge on any atom is 0.234 e. The Morgan fingerprint density at radius 2 is 2.67 bits per heavy atom. The van der Waals surface area contributed by atoms with Crippen LogP contribution in [0.5, 0.6) is 0 Å². The summed E-state index contributed by atoms with van der Waals surface area (Å²) in [5.41, 5.74) is 6.09. The Morgan fingerprint density at radius 1 is 1.89 bits per heavy atom. The van der Waals surface area contributed by atoms with Crippen molar-refractivity contribution >= 4 is 17.7 Å². The summed E-state index contributed by atoms with van der Waals surface area (Å²) >= 11 is 1.48. The number of nitrogens with two attached hydrogens (primary N) is 1. The van der Waals surface area contributed by atoms with Crippen molar-refractivity contribution in [1.29, 1.82) is 0 Å². The molecule has 0 atom stereocenters. The van der Waals surface area contributed by atoms with E-state index >= 15 is 0 Å². The van der Waals surface area contributed by atoms with E-state index in [1.165, 1.54) is 11.8 Å². The molecule has 0 aromatic rings. The van der Waals surface area contributed by atoms with Crippen molar-refractivity contribution in [2.75, 3.05) is 12.3 Å². The smallest absolute Gasteiger partial charge is 0.234 e. The van der Waals surface area contributed by atoms with Gasteiger partial charge in [-0.15, -0.1) is 11.8 Å². The number of hydrogen-bond donors (Lipinski definition) is 2. The summed E-state index contributed by atoms with van der Waals surface area (Å²) < 4.78 is 0. The van der Waals surface area contributed by atoms with Crippen molar-refractivity contribution in [3.8, 4) is 0 Å². The summed E-state index contributed by atoms with van der Waals surface area (Å²) in [6, 6.07) is 0. The van der Waals surface area contributed by atoms with Crippen LogP contribution in [0.2, 0.25) is 0 Å². The third-order valence-corrected chi connectivity index (χ3v) is 1.84. The molecule has 50 valence electrons. The van der Waals surface area contributed by atoms with Crippen LogP contribution in [0.4, 0.5) is 0 Å². The topological polar surface area (TPSA) is 55.1 Å². The minimum atomic E-state index is 0.0444. The van der Waals surface area contributed by atoms with Crippen LogP contribution in [0.3, 0.4) is 0 Å². The molecular weight excluding hydrogens is 136 g/mol. The zero-order valence-corrected chi connectivity index (χ0v) is 5.70. The molecule has 9 heavy (non-hydrogen) atoms. The predicted octanol–water partition coefficient (Wildman–Crippen LogP) is -0.350. The molecule has 0 saturated carbocycles. The molecule has 0 bridgehead atoms. The number of amides is 1. The monoisotopic (exact) mass is 144 g/mol. The van der Waals surface area contributed by atoms with Crippen molar-refractivity contribution in [3.05, 3.63) is 11.1 Å². The van der Waals surface area contributed by atoms with Crippen LogP contribution in [0.15, 0.2) is 11.1 Å². The molecule has 3 N–H and O–H groups in total. The Kier molecular flexibility index (Phi) is 2.13. The van der Waals surface area contributed by atoms with Gasteiger partial charge < -0.3 is 11.1 Å². The van der Waals surface area contributed by atoms with E-state index in [1.807, 2.05) is 5.41 Å². The number of nitrogens with one attached hydrogen (secondary N) is 1. The van der Waals surface area contributed by atoms with E-state index in [9.17, 15) is 4.79 Å². The van der Waals surface area contributed by atoms with Gasteiger partial charge in [0.25, 0.3) is 0 Å². The minimum absolute atomic E-state index is 0.0444. The molecule has 3 nitrogen and oxygen atoms in total. The van der Waals surface area contributed by atoms with Gasteiger partial charge in [-0.3, -0.25) is 4.79 Å². The molecule has 1 heterocycles. The summed E-state index contributed by atoms with van der Waals surface area (Å²) in [7, 11) is 0. The molecule has 1 aliphatic heterocycles. The van der Waals surface area contributed by atoms with E-state index in [2.05, 4.69) is 5.32 Å². The fraction of sp³-hybridized carbons (Fsp3) is 0.400. The second-order valence-electron chi connectivity index (χ2n) is 1.71. The van der Waals surface area contributed by atoms with Gasteiger partial charge in [-0.05, 0) is 5.41 Å². The molecule has 0 saturated heterocycles. The lowest BCUT2D eigenvalue weighted by molar-refractivity contribution is -0.117. The molecule has 0 aliphatic carbocycles. The third kappa shape index (κ3) is 1.73. The Morgan fingerprint density at radius 3 is 3.11 bits per heavy atom. The molecule has 0 unspecified atom stereocenters. The Bertz CT molecular complexity index is 155. The van der Waals surface area contributed by atoms with E-state index in [0.29, 0.717) is 12.3 Å². The zero-order chi connectivity index (χ0) is 6.69. The maximum atomic E-state index is 10.6. The van der Waals surface area contributed by atoms with E-state index in [-0.39, 0.29) is 5.91 Å². The molecule has 1 rings (SSSR count). The van der Waals surface area contributed by atoms with Gasteiger partial charge in [0, 0.05) is 12.2 Å². The summed E-state index contributed by atoms with van der Waals surface area (Å²) in [6.45, 7) is 0.415. The highest BCUT2D eigenvalue weighted by atomic mass is 32.2. The number of carbonyl (C=O) groups excluding carboxylic acids is 1. The van der Waals surface area contributed by atoms with Gasteiger partial charge in [0.05, 0.1) is 5.75 Å². The predicted molar refractivity (Wildman–Crippen MR) is 37.7 cm³/mol. The van der Waals surface area contributed by atoms with E-state index < -0.39 is 0 Å². The highest BCUT2D eigenvalue weighted by Gasteiger charge is 2.07. The van der Waals surface area contributed by atoms with Gasteiger partial charge in [-0.25, -0.2) is 0 Å². The largest absolute Gasteiger partial charge is 0.327 e. The van der Waals surface area contributed by atoms with Gasteiger partial charge in [0.15, 0.2) is 0 Å². The molecule has 0 aromatic carbocycles. The fourth-order valence-corrected chi connectivity index (χ4v) is 1.22.